The molecule has 232 valence electrons. The average Bonchev–Trinajstić information content (AvgIpc) is 3.73. The number of hydrogen-bond acceptors (Lipinski definition) is 9. The van der Waals surface area contributed by atoms with E-state index in [0.29, 0.717) is 45.0 Å². The van der Waals surface area contributed by atoms with Crippen molar-refractivity contribution in [3.05, 3.63) is 99.6 Å². The van der Waals surface area contributed by atoms with Crippen LogP contribution >= 0.6 is 34.7 Å². The lowest BCUT2D eigenvalue weighted by molar-refractivity contribution is -0.132. The molecule has 0 bridgehead atoms. The summed E-state index contributed by atoms with van der Waals surface area (Å²) in [6.07, 6.45) is 3.85. The number of unbranched alkanes of at least 4 members (excludes halogenated alkanes) is 2. The third kappa shape index (κ3) is 6.59. The Bertz CT molecular complexity index is 1760. The van der Waals surface area contributed by atoms with E-state index in [1.165, 1.54) is 28.0 Å². The second kappa shape index (κ2) is 13.6. The van der Waals surface area contributed by atoms with Gasteiger partial charge in [-0.1, -0.05) is 84.8 Å². The van der Waals surface area contributed by atoms with E-state index in [2.05, 4.69) is 17.1 Å². The molecule has 2 aliphatic heterocycles. The summed E-state index contributed by atoms with van der Waals surface area (Å²) in [4.78, 5) is 28.7. The number of anilines is 1. The van der Waals surface area contributed by atoms with Crippen molar-refractivity contribution in [1.82, 2.24) is 10.2 Å². The Hall–Kier alpha value is -3.86. The molecule has 1 aromatic heterocycles. The van der Waals surface area contributed by atoms with Crippen LogP contribution in [-0.4, -0.2) is 39.7 Å². The maximum absolute atomic E-state index is 13.7. The Morgan fingerprint density at radius 2 is 1.91 bits per heavy atom. The van der Waals surface area contributed by atoms with Crippen LogP contribution in [0.15, 0.2) is 76.6 Å². The van der Waals surface area contributed by atoms with Crippen molar-refractivity contribution >= 4 is 57.3 Å². The highest BCUT2D eigenvalue weighted by atomic mass is 35.5. The average molecular weight is 662 g/mol. The van der Waals surface area contributed by atoms with Crippen LogP contribution in [0.3, 0.4) is 0 Å². The third-order valence-electron chi connectivity index (χ3n) is 7.74. The normalized spacial score (nSPS) is 18.7. The van der Waals surface area contributed by atoms with Gasteiger partial charge in [-0.15, -0.1) is 10.2 Å². The number of hydrogen-bond donors (Lipinski definition) is 1. The smallest absolute Gasteiger partial charge is 0.301 e. The van der Waals surface area contributed by atoms with Gasteiger partial charge in [0, 0.05) is 22.8 Å². The molecule has 1 saturated heterocycles. The Balaban J connectivity index is 1.35. The molecule has 45 heavy (non-hydrogen) atoms. The van der Waals surface area contributed by atoms with E-state index in [-0.39, 0.29) is 22.6 Å². The maximum atomic E-state index is 13.7. The van der Waals surface area contributed by atoms with Crippen molar-refractivity contribution < 1.29 is 24.2 Å². The number of amides is 1. The molecule has 11 heteroatoms. The predicted octanol–water partition coefficient (Wildman–Crippen LogP) is 8.00. The van der Waals surface area contributed by atoms with Gasteiger partial charge in [0.2, 0.25) is 5.13 Å². The van der Waals surface area contributed by atoms with E-state index in [0.717, 1.165) is 36.1 Å². The maximum Gasteiger partial charge on any atom is 0.301 e. The monoisotopic (exact) mass is 661 g/mol. The number of thioether (sulfide) groups is 1. The third-order valence-corrected chi connectivity index (χ3v) is 10.2. The standard InChI is InChI=1S/C34H32ClN3O5S2/c1-3-4-7-16-42-25-13-10-21(11-14-25)29-28(30(39)22-12-15-27-24(18-22)17-20(2)43-27)31(40)32(41)38(29)33-36-37-34(45-33)44-19-23-8-5-6-9-26(23)35/h5-6,8-15,18,20,29,39H,3-4,7,16-17,19H2,1-2H3/b30-28+. The summed E-state index contributed by atoms with van der Waals surface area (Å²) in [6, 6.07) is 19.2. The number of aliphatic hydroxyl groups is 1. The number of rotatable bonds is 11. The summed E-state index contributed by atoms with van der Waals surface area (Å²) >= 11 is 8.98. The van der Waals surface area contributed by atoms with E-state index >= 15 is 0 Å². The van der Waals surface area contributed by atoms with Gasteiger partial charge in [0.15, 0.2) is 4.34 Å². The fourth-order valence-corrected chi connectivity index (χ4v) is 7.62. The van der Waals surface area contributed by atoms with Crippen LogP contribution in [0.5, 0.6) is 11.5 Å². The summed E-state index contributed by atoms with van der Waals surface area (Å²) in [5, 5.41) is 21.2. The number of fused-ring (bicyclic) bond motifs is 1. The van der Waals surface area contributed by atoms with Crippen molar-refractivity contribution in [2.75, 3.05) is 11.5 Å². The summed E-state index contributed by atoms with van der Waals surface area (Å²) in [5.41, 5.74) is 2.96. The number of Topliss-reactive ketones (excluding diaryl/α,β-unsaturated/α-hetero) is 1. The zero-order valence-corrected chi connectivity index (χ0v) is 27.3. The first kappa shape index (κ1) is 31.1. The molecule has 1 N–H and O–H groups in total. The van der Waals surface area contributed by atoms with E-state index in [1.807, 2.05) is 61.5 Å². The number of benzene rings is 3. The Morgan fingerprint density at radius 1 is 1.11 bits per heavy atom. The van der Waals surface area contributed by atoms with Crippen LogP contribution in [0.2, 0.25) is 5.02 Å². The highest BCUT2D eigenvalue weighted by Crippen LogP contribution is 2.45. The van der Waals surface area contributed by atoms with Gasteiger partial charge < -0.3 is 14.6 Å². The summed E-state index contributed by atoms with van der Waals surface area (Å²) in [7, 11) is 0. The largest absolute Gasteiger partial charge is 0.507 e. The molecule has 2 aliphatic rings. The van der Waals surface area contributed by atoms with Gasteiger partial charge in [0.05, 0.1) is 18.2 Å². The second-order valence-electron chi connectivity index (χ2n) is 11.0. The minimum atomic E-state index is -0.920. The van der Waals surface area contributed by atoms with Crippen LogP contribution in [0.4, 0.5) is 5.13 Å². The molecule has 3 heterocycles. The summed E-state index contributed by atoms with van der Waals surface area (Å²) in [6.45, 7) is 4.72. The van der Waals surface area contributed by atoms with E-state index in [9.17, 15) is 14.7 Å². The quantitative estimate of drug-likeness (QED) is 0.0431. The molecule has 0 saturated carbocycles. The van der Waals surface area contributed by atoms with Crippen molar-refractivity contribution in [1.29, 1.82) is 0 Å². The number of ether oxygens (including phenoxy) is 2. The van der Waals surface area contributed by atoms with Gasteiger partial charge in [-0.3, -0.25) is 14.5 Å². The topological polar surface area (TPSA) is 102 Å². The van der Waals surface area contributed by atoms with Gasteiger partial charge in [-0.25, -0.2) is 0 Å². The molecule has 4 aromatic rings. The van der Waals surface area contributed by atoms with Gasteiger partial charge in [-0.05, 0) is 66.4 Å². The second-order valence-corrected chi connectivity index (χ2v) is 13.6. The number of carbonyl (C=O) groups is 2. The van der Waals surface area contributed by atoms with Crippen LogP contribution in [0.1, 0.15) is 61.4 Å². The van der Waals surface area contributed by atoms with Crippen molar-refractivity contribution in [3.63, 3.8) is 0 Å². The highest BCUT2D eigenvalue weighted by Gasteiger charge is 2.48. The SMILES string of the molecule is CCCCCOc1ccc(C2/C(=C(\O)c3ccc4c(c3)CC(C)O4)C(=O)C(=O)N2c2nnc(SCc3ccccc3Cl)s2)cc1. The lowest BCUT2D eigenvalue weighted by Crippen LogP contribution is -2.29. The van der Waals surface area contributed by atoms with Gasteiger partial charge in [0.1, 0.15) is 23.4 Å². The Morgan fingerprint density at radius 3 is 2.69 bits per heavy atom. The number of halogens is 1. The summed E-state index contributed by atoms with van der Waals surface area (Å²) < 4.78 is 12.3. The molecule has 2 unspecified atom stereocenters. The number of aliphatic hydroxyl groups excluding tert-OH is 1. The molecule has 0 spiro atoms. The van der Waals surface area contributed by atoms with Crippen LogP contribution in [0, 0.1) is 0 Å². The van der Waals surface area contributed by atoms with Crippen LogP contribution < -0.4 is 14.4 Å². The first-order valence-electron chi connectivity index (χ1n) is 14.9. The van der Waals surface area contributed by atoms with E-state index < -0.39 is 17.7 Å². The molecule has 6 rings (SSSR count). The zero-order valence-electron chi connectivity index (χ0n) is 24.9. The minimum Gasteiger partial charge on any atom is -0.507 e. The molecule has 3 aromatic carbocycles. The molecular weight excluding hydrogens is 630 g/mol. The zero-order chi connectivity index (χ0) is 31.5. The first-order chi connectivity index (χ1) is 21.8. The fraction of sp³-hybridized carbons (Fsp3) is 0.294. The van der Waals surface area contributed by atoms with Crippen LogP contribution in [0.25, 0.3) is 5.76 Å². The number of aromatic nitrogens is 2. The highest BCUT2D eigenvalue weighted by molar-refractivity contribution is 8.00. The number of nitrogens with zero attached hydrogens (tertiary/aromatic N) is 3. The Labute approximate surface area is 275 Å². The molecule has 2 atom stereocenters. The van der Waals surface area contributed by atoms with E-state index in [1.54, 1.807) is 12.1 Å². The van der Waals surface area contributed by atoms with Gasteiger partial charge in [0.25, 0.3) is 5.78 Å². The van der Waals surface area contributed by atoms with Crippen molar-refractivity contribution in [2.45, 2.75) is 61.8 Å². The molecule has 0 aliphatic carbocycles. The molecular formula is C34H32ClN3O5S2. The van der Waals surface area contributed by atoms with Crippen LogP contribution in [-0.2, 0) is 21.8 Å². The number of ketones is 1. The minimum absolute atomic E-state index is 0.0102. The number of carbonyl (C=O) groups excluding carboxylic acids is 2. The molecule has 1 amide bonds. The predicted molar refractivity (Wildman–Crippen MR) is 177 cm³/mol. The van der Waals surface area contributed by atoms with Gasteiger partial charge in [-0.2, -0.15) is 0 Å². The molecule has 0 radical (unpaired) electrons. The lowest BCUT2D eigenvalue weighted by Gasteiger charge is -2.22. The van der Waals surface area contributed by atoms with Crippen molar-refractivity contribution in [3.8, 4) is 11.5 Å². The van der Waals surface area contributed by atoms with Gasteiger partial charge >= 0.3 is 5.91 Å². The lowest BCUT2D eigenvalue weighted by atomic mass is 9.94. The Kier molecular flexibility index (Phi) is 9.44. The fourth-order valence-electron chi connectivity index (χ4n) is 5.47. The van der Waals surface area contributed by atoms with E-state index in [4.69, 9.17) is 21.1 Å². The molecule has 8 nitrogen and oxygen atoms in total. The molecule has 1 fully saturated rings. The van der Waals surface area contributed by atoms with Crippen molar-refractivity contribution in [2.24, 2.45) is 0 Å². The first-order valence-corrected chi connectivity index (χ1v) is 17.1. The summed E-state index contributed by atoms with van der Waals surface area (Å²) in [5.74, 6) is 0.189.